The molecule has 5 aromatic heterocycles. The molecule has 0 saturated carbocycles. The van der Waals surface area contributed by atoms with Gasteiger partial charge in [-0.1, -0.05) is 84.9 Å². The van der Waals surface area contributed by atoms with Gasteiger partial charge in [0.15, 0.2) is 17.5 Å². The highest BCUT2D eigenvalue weighted by molar-refractivity contribution is 6.04. The van der Waals surface area contributed by atoms with Gasteiger partial charge in [-0.2, -0.15) is 0 Å². The Bertz CT molecular complexity index is 3270. The number of rotatable bonds is 5. The first-order valence-electron chi connectivity index (χ1n) is 18.7. The zero-order chi connectivity index (χ0) is 38.7. The topological polar surface area (TPSA) is 90.2 Å². The monoisotopic (exact) mass is 751 g/mol. The van der Waals surface area contributed by atoms with E-state index < -0.39 is 11.6 Å². The molecule has 0 radical (unpaired) electrons. The maximum absolute atomic E-state index is 16.1. The maximum Gasteiger partial charge on any atom is 0.167 e. The van der Waals surface area contributed by atoms with E-state index >= 15 is 8.78 Å². The fourth-order valence-electron chi connectivity index (χ4n) is 7.56. The average Bonchev–Trinajstić information content (AvgIpc) is 3.28. The molecule has 0 unspecified atom stereocenters. The minimum absolute atomic E-state index is 0.0478. The predicted molar refractivity (Wildman–Crippen MR) is 226 cm³/mol. The smallest absolute Gasteiger partial charge is 0.167 e. The molecule has 5 heterocycles. The molecule has 0 spiro atoms. The number of benzene rings is 6. The summed E-state index contributed by atoms with van der Waals surface area (Å²) in [6.07, 6.45) is 3.49. The largest absolute Gasteiger partial charge is 0.254 e. The van der Waals surface area contributed by atoms with Crippen molar-refractivity contribution in [2.45, 2.75) is 0 Å². The first kappa shape index (κ1) is 33.4. The van der Waals surface area contributed by atoms with Gasteiger partial charge >= 0.3 is 0 Å². The van der Waals surface area contributed by atoms with Crippen LogP contribution >= 0.6 is 0 Å². The summed E-state index contributed by atoms with van der Waals surface area (Å²) < 4.78 is 32.2. The van der Waals surface area contributed by atoms with Gasteiger partial charge in [0.05, 0.1) is 44.6 Å². The lowest BCUT2D eigenvalue weighted by Crippen LogP contribution is -2.03. The van der Waals surface area contributed by atoms with Gasteiger partial charge in [-0.05, 0) is 77.5 Å². The normalized spacial score (nSPS) is 11.6. The Hall–Kier alpha value is -7.91. The number of aromatic nitrogens is 7. The van der Waals surface area contributed by atoms with E-state index in [9.17, 15) is 0 Å². The number of halogens is 2. The van der Waals surface area contributed by atoms with E-state index in [4.69, 9.17) is 24.9 Å². The molecule has 0 aliphatic rings. The van der Waals surface area contributed by atoms with Crippen molar-refractivity contribution in [3.8, 4) is 56.7 Å². The first-order valence-corrected chi connectivity index (χ1v) is 18.7. The second-order valence-corrected chi connectivity index (χ2v) is 14.1. The summed E-state index contributed by atoms with van der Waals surface area (Å²) in [6.45, 7) is 0. The predicted octanol–water partition coefficient (Wildman–Crippen LogP) is 11.8. The van der Waals surface area contributed by atoms with Crippen molar-refractivity contribution in [1.29, 1.82) is 0 Å². The Morgan fingerprint density at radius 3 is 1.29 bits per heavy atom. The van der Waals surface area contributed by atoms with Crippen LogP contribution in [0.5, 0.6) is 0 Å². The van der Waals surface area contributed by atoms with Crippen molar-refractivity contribution >= 4 is 54.4 Å². The van der Waals surface area contributed by atoms with E-state index in [1.54, 1.807) is 36.7 Å². The van der Waals surface area contributed by atoms with Gasteiger partial charge in [-0.15, -0.1) is 0 Å². The molecule has 7 nitrogen and oxygen atoms in total. The fraction of sp³-hybridized carbons (Fsp3) is 0. The Kier molecular flexibility index (Phi) is 7.72. The van der Waals surface area contributed by atoms with Gasteiger partial charge in [0.2, 0.25) is 0 Å². The van der Waals surface area contributed by atoms with E-state index in [1.165, 1.54) is 12.1 Å². The summed E-state index contributed by atoms with van der Waals surface area (Å²) in [5.74, 6) is -0.733. The third-order valence-electron chi connectivity index (χ3n) is 10.5. The lowest BCUT2D eigenvalue weighted by atomic mass is 10.0. The van der Waals surface area contributed by atoms with Crippen LogP contribution in [0, 0.1) is 11.6 Å². The molecule has 6 aromatic carbocycles. The number of hydrogen-bond acceptors (Lipinski definition) is 7. The quantitative estimate of drug-likeness (QED) is 0.162. The van der Waals surface area contributed by atoms with Gasteiger partial charge in [-0.3, -0.25) is 9.97 Å². The first-order chi connectivity index (χ1) is 28.5. The summed E-state index contributed by atoms with van der Waals surface area (Å²) in [4.78, 5) is 33.6. The molecule has 9 heteroatoms. The molecule has 0 fully saturated rings. The van der Waals surface area contributed by atoms with Gasteiger partial charge in [0.25, 0.3) is 0 Å². The van der Waals surface area contributed by atoms with Crippen LogP contribution in [0.1, 0.15) is 0 Å². The summed E-state index contributed by atoms with van der Waals surface area (Å²) in [6, 6.07) is 46.8. The minimum Gasteiger partial charge on any atom is -0.254 e. The standard InChI is InChI=1S/C49H27F2N7/c50-39-19-15-34(41-21-17-31-12-10-29-7-3-23-52-43(29)45(31)54-41)26-37(39)48-56-47(36-14-9-28-5-1-2-6-33(28)25-36)57-49(58-48)38-27-35(16-20-40(38)51)42-22-18-32-13-11-30-8-4-24-53-44(30)46(32)55-42/h1-27H. The van der Waals surface area contributed by atoms with Gasteiger partial charge < -0.3 is 0 Å². The van der Waals surface area contributed by atoms with Crippen molar-refractivity contribution in [1.82, 2.24) is 34.9 Å². The van der Waals surface area contributed by atoms with Gasteiger partial charge in [-0.25, -0.2) is 33.7 Å². The lowest BCUT2D eigenvalue weighted by molar-refractivity contribution is 0.628. The SMILES string of the molecule is Fc1ccc(-c2ccc3ccc4cccnc4c3n2)cc1-c1nc(-c2ccc3ccccc3c2)nc(-c2cc(-c3ccc4ccc5cccnc5c4n3)ccc2F)n1. The molecular formula is C49H27F2N7. The molecule has 0 N–H and O–H groups in total. The van der Waals surface area contributed by atoms with Crippen LogP contribution in [-0.4, -0.2) is 34.9 Å². The van der Waals surface area contributed by atoms with E-state index in [2.05, 4.69) is 9.97 Å². The van der Waals surface area contributed by atoms with Crippen LogP contribution in [-0.2, 0) is 0 Å². The van der Waals surface area contributed by atoms with Crippen LogP contribution in [0.2, 0.25) is 0 Å². The van der Waals surface area contributed by atoms with Crippen LogP contribution in [0.15, 0.2) is 164 Å². The molecule has 58 heavy (non-hydrogen) atoms. The lowest BCUT2D eigenvalue weighted by Gasteiger charge is -2.12. The second kappa shape index (κ2) is 13.4. The van der Waals surface area contributed by atoms with E-state index in [0.29, 0.717) is 28.1 Å². The van der Waals surface area contributed by atoms with E-state index in [-0.39, 0.29) is 28.6 Å². The van der Waals surface area contributed by atoms with Crippen molar-refractivity contribution in [3.63, 3.8) is 0 Å². The molecule has 0 atom stereocenters. The third-order valence-corrected chi connectivity index (χ3v) is 10.5. The van der Waals surface area contributed by atoms with Crippen molar-refractivity contribution in [2.75, 3.05) is 0 Å². The Morgan fingerprint density at radius 1 is 0.310 bits per heavy atom. The van der Waals surface area contributed by atoms with Crippen LogP contribution in [0.25, 0.3) is 111 Å². The van der Waals surface area contributed by atoms with Crippen molar-refractivity contribution in [2.24, 2.45) is 0 Å². The zero-order valence-corrected chi connectivity index (χ0v) is 30.5. The highest BCUT2D eigenvalue weighted by atomic mass is 19.1. The maximum atomic E-state index is 16.1. The van der Waals surface area contributed by atoms with Gasteiger partial charge in [0, 0.05) is 50.6 Å². The van der Waals surface area contributed by atoms with Gasteiger partial charge in [0.1, 0.15) is 11.6 Å². The minimum atomic E-state index is -0.548. The molecule has 272 valence electrons. The third kappa shape index (κ3) is 5.76. The number of nitrogens with zero attached hydrogens (tertiary/aromatic N) is 7. The average molecular weight is 752 g/mol. The Morgan fingerprint density at radius 2 is 0.741 bits per heavy atom. The molecule has 11 rings (SSSR count). The summed E-state index contributed by atoms with van der Waals surface area (Å²) in [5, 5.41) is 5.82. The van der Waals surface area contributed by atoms with Crippen LogP contribution in [0.3, 0.4) is 0 Å². The van der Waals surface area contributed by atoms with Crippen LogP contribution < -0.4 is 0 Å². The molecule has 0 bridgehead atoms. The second-order valence-electron chi connectivity index (χ2n) is 14.1. The molecule has 0 aliphatic carbocycles. The zero-order valence-electron chi connectivity index (χ0n) is 30.5. The van der Waals surface area contributed by atoms with E-state index in [1.807, 2.05) is 115 Å². The highest BCUT2D eigenvalue weighted by Gasteiger charge is 2.20. The summed E-state index contributed by atoms with van der Waals surface area (Å²) in [5.41, 5.74) is 6.49. The molecule has 0 aliphatic heterocycles. The number of hydrogen-bond donors (Lipinski definition) is 0. The Labute approximate surface area is 329 Å². The fourth-order valence-corrected chi connectivity index (χ4v) is 7.56. The molecular weight excluding hydrogens is 725 g/mol. The molecule has 0 amide bonds. The van der Waals surface area contributed by atoms with E-state index in [0.717, 1.165) is 54.4 Å². The highest BCUT2D eigenvalue weighted by Crippen LogP contribution is 2.34. The molecule has 0 saturated heterocycles. The Balaban J connectivity index is 1.08. The van der Waals surface area contributed by atoms with Crippen molar-refractivity contribution < 1.29 is 8.78 Å². The van der Waals surface area contributed by atoms with Crippen LogP contribution in [0.4, 0.5) is 8.78 Å². The summed E-state index contributed by atoms with van der Waals surface area (Å²) in [7, 11) is 0. The van der Waals surface area contributed by atoms with Crippen molar-refractivity contribution in [3.05, 3.63) is 176 Å². The number of pyridine rings is 4. The molecule has 11 aromatic rings. The summed E-state index contributed by atoms with van der Waals surface area (Å²) >= 11 is 0. The number of fused-ring (bicyclic) bond motifs is 7.